The first-order chi connectivity index (χ1) is 9.10. The Hall–Kier alpha value is -2.12. The van der Waals surface area contributed by atoms with E-state index in [0.717, 1.165) is 5.56 Å². The van der Waals surface area contributed by atoms with Crippen molar-refractivity contribution in [2.75, 3.05) is 11.9 Å². The first-order valence-electron chi connectivity index (χ1n) is 5.61. The predicted octanol–water partition coefficient (Wildman–Crippen LogP) is 3.38. The van der Waals surface area contributed by atoms with E-state index in [1.807, 2.05) is 6.07 Å². The van der Waals surface area contributed by atoms with Crippen LogP contribution in [0.3, 0.4) is 0 Å². The third kappa shape index (κ3) is 3.21. The molecule has 0 atom stereocenters. The first kappa shape index (κ1) is 13.3. The summed E-state index contributed by atoms with van der Waals surface area (Å²) in [5.41, 5.74) is 1.49. The number of aromatic nitrogens is 1. The maximum Gasteiger partial charge on any atom is 0.167 e. The SMILES string of the molecule is CN(Cc1cccc(C#N)c1)c1ncc(Cl)cc1F. The van der Waals surface area contributed by atoms with E-state index in [2.05, 4.69) is 11.1 Å². The van der Waals surface area contributed by atoms with E-state index >= 15 is 0 Å². The standard InChI is InChI=1S/C14H11ClFN3/c1-19(14-13(16)6-12(15)8-18-14)9-11-4-2-3-10(5-11)7-17/h2-6,8H,9H2,1H3. The Labute approximate surface area is 115 Å². The molecule has 0 radical (unpaired) electrons. The highest BCUT2D eigenvalue weighted by Gasteiger charge is 2.10. The number of nitrogens with zero attached hydrogens (tertiary/aromatic N) is 3. The molecule has 1 aromatic carbocycles. The Morgan fingerprint density at radius 1 is 1.42 bits per heavy atom. The molecule has 0 unspecified atom stereocenters. The number of anilines is 1. The smallest absolute Gasteiger partial charge is 0.167 e. The predicted molar refractivity (Wildman–Crippen MR) is 72.5 cm³/mol. The molecule has 0 fully saturated rings. The molecule has 0 saturated heterocycles. The van der Waals surface area contributed by atoms with Crippen molar-refractivity contribution < 1.29 is 4.39 Å². The van der Waals surface area contributed by atoms with Crippen LogP contribution in [-0.2, 0) is 6.54 Å². The number of hydrogen-bond acceptors (Lipinski definition) is 3. The highest BCUT2D eigenvalue weighted by Crippen LogP contribution is 2.20. The molecule has 0 aliphatic carbocycles. The van der Waals surface area contributed by atoms with Gasteiger partial charge >= 0.3 is 0 Å². The number of nitriles is 1. The van der Waals surface area contributed by atoms with E-state index in [-0.39, 0.29) is 10.8 Å². The molecule has 0 bridgehead atoms. The zero-order valence-electron chi connectivity index (χ0n) is 10.3. The minimum atomic E-state index is -0.466. The summed E-state index contributed by atoms with van der Waals surface area (Å²) in [5.74, 6) is -0.238. The van der Waals surface area contributed by atoms with Crippen LogP contribution in [-0.4, -0.2) is 12.0 Å². The van der Waals surface area contributed by atoms with E-state index in [1.54, 1.807) is 30.1 Å². The molecule has 0 aliphatic heterocycles. The van der Waals surface area contributed by atoms with E-state index in [4.69, 9.17) is 16.9 Å². The maximum absolute atomic E-state index is 13.7. The molecule has 2 rings (SSSR count). The highest BCUT2D eigenvalue weighted by atomic mass is 35.5. The van der Waals surface area contributed by atoms with Crippen molar-refractivity contribution in [3.05, 3.63) is 58.5 Å². The van der Waals surface area contributed by atoms with Crippen LogP contribution in [0.1, 0.15) is 11.1 Å². The van der Waals surface area contributed by atoms with Gasteiger partial charge in [0.05, 0.1) is 16.7 Å². The third-order valence-corrected chi connectivity index (χ3v) is 2.83. The summed E-state index contributed by atoms with van der Waals surface area (Å²) in [6.07, 6.45) is 1.40. The van der Waals surface area contributed by atoms with Gasteiger partial charge in [0.25, 0.3) is 0 Å². The molecule has 0 saturated carbocycles. The minimum Gasteiger partial charge on any atom is -0.353 e. The number of hydrogen-bond donors (Lipinski definition) is 0. The quantitative estimate of drug-likeness (QED) is 0.862. The second-order valence-electron chi connectivity index (χ2n) is 4.13. The molecule has 5 heteroatoms. The van der Waals surface area contributed by atoms with Crippen molar-refractivity contribution in [2.24, 2.45) is 0 Å². The van der Waals surface area contributed by atoms with Crippen LogP contribution in [0, 0.1) is 17.1 Å². The monoisotopic (exact) mass is 275 g/mol. The van der Waals surface area contributed by atoms with Gasteiger partial charge in [-0.05, 0) is 23.8 Å². The first-order valence-corrected chi connectivity index (χ1v) is 5.99. The van der Waals surface area contributed by atoms with Gasteiger partial charge in [-0.25, -0.2) is 9.37 Å². The number of rotatable bonds is 3. The Morgan fingerprint density at radius 2 is 2.21 bits per heavy atom. The van der Waals surface area contributed by atoms with Crippen molar-refractivity contribution in [1.82, 2.24) is 4.98 Å². The maximum atomic E-state index is 13.7. The Morgan fingerprint density at radius 3 is 2.89 bits per heavy atom. The molecule has 2 aromatic rings. The van der Waals surface area contributed by atoms with Crippen LogP contribution in [0.2, 0.25) is 5.02 Å². The summed E-state index contributed by atoms with van der Waals surface area (Å²) in [4.78, 5) is 5.64. The normalized spacial score (nSPS) is 10.0. The summed E-state index contributed by atoms with van der Waals surface area (Å²) < 4.78 is 13.7. The molecule has 1 heterocycles. The molecular weight excluding hydrogens is 265 g/mol. The molecule has 3 nitrogen and oxygen atoms in total. The molecule has 19 heavy (non-hydrogen) atoms. The lowest BCUT2D eigenvalue weighted by atomic mass is 10.1. The van der Waals surface area contributed by atoms with Crippen LogP contribution in [0.4, 0.5) is 10.2 Å². The third-order valence-electron chi connectivity index (χ3n) is 2.63. The highest BCUT2D eigenvalue weighted by molar-refractivity contribution is 6.30. The Kier molecular flexibility index (Phi) is 3.98. The van der Waals surface area contributed by atoms with E-state index in [0.29, 0.717) is 12.1 Å². The van der Waals surface area contributed by atoms with Gasteiger partial charge in [0, 0.05) is 19.8 Å². The van der Waals surface area contributed by atoms with Crippen molar-refractivity contribution >= 4 is 17.4 Å². The molecule has 0 spiro atoms. The fourth-order valence-electron chi connectivity index (χ4n) is 1.78. The topological polar surface area (TPSA) is 39.9 Å². The van der Waals surface area contributed by atoms with Gasteiger partial charge in [-0.15, -0.1) is 0 Å². The van der Waals surface area contributed by atoms with Gasteiger partial charge in [0.1, 0.15) is 0 Å². The summed E-state index contributed by atoms with van der Waals surface area (Å²) in [6, 6.07) is 10.5. The Bertz CT molecular complexity index is 637. The van der Waals surface area contributed by atoms with Crippen LogP contribution in [0.15, 0.2) is 36.5 Å². The average molecular weight is 276 g/mol. The summed E-state index contributed by atoms with van der Waals surface area (Å²) >= 11 is 5.66. The van der Waals surface area contributed by atoms with Crippen molar-refractivity contribution in [1.29, 1.82) is 5.26 Å². The van der Waals surface area contributed by atoms with Gasteiger partial charge in [-0.3, -0.25) is 0 Å². The minimum absolute atomic E-state index is 0.228. The zero-order valence-corrected chi connectivity index (χ0v) is 11.0. The summed E-state index contributed by atoms with van der Waals surface area (Å²) in [6.45, 7) is 0.459. The van der Waals surface area contributed by atoms with E-state index in [1.165, 1.54) is 12.3 Å². The molecule has 1 aromatic heterocycles. The largest absolute Gasteiger partial charge is 0.353 e. The second kappa shape index (κ2) is 5.68. The van der Waals surface area contributed by atoms with E-state index < -0.39 is 5.82 Å². The second-order valence-corrected chi connectivity index (χ2v) is 4.56. The van der Waals surface area contributed by atoms with Gasteiger partial charge in [0.2, 0.25) is 0 Å². The molecule has 96 valence electrons. The fourth-order valence-corrected chi connectivity index (χ4v) is 1.92. The van der Waals surface area contributed by atoms with Crippen LogP contribution >= 0.6 is 11.6 Å². The molecule has 0 aliphatic rings. The Balaban J connectivity index is 2.20. The number of pyridine rings is 1. The average Bonchev–Trinajstić information content (AvgIpc) is 2.38. The van der Waals surface area contributed by atoms with Crippen molar-refractivity contribution in [3.8, 4) is 6.07 Å². The molecular formula is C14H11ClFN3. The fraction of sp³-hybridized carbons (Fsp3) is 0.143. The lowest BCUT2D eigenvalue weighted by Crippen LogP contribution is -2.19. The van der Waals surface area contributed by atoms with Gasteiger partial charge < -0.3 is 4.90 Å². The van der Waals surface area contributed by atoms with Crippen molar-refractivity contribution in [2.45, 2.75) is 6.54 Å². The van der Waals surface area contributed by atoms with Crippen LogP contribution in [0.25, 0.3) is 0 Å². The number of halogens is 2. The lowest BCUT2D eigenvalue weighted by molar-refractivity contribution is 0.615. The molecule has 0 N–H and O–H groups in total. The van der Waals surface area contributed by atoms with Gasteiger partial charge in [0.15, 0.2) is 11.6 Å². The lowest BCUT2D eigenvalue weighted by Gasteiger charge is -2.18. The zero-order chi connectivity index (χ0) is 13.8. The molecule has 0 amide bonds. The summed E-state index contributed by atoms with van der Waals surface area (Å²) in [5, 5.41) is 9.10. The summed E-state index contributed by atoms with van der Waals surface area (Å²) in [7, 11) is 1.73. The van der Waals surface area contributed by atoms with Crippen LogP contribution < -0.4 is 4.90 Å². The van der Waals surface area contributed by atoms with Crippen molar-refractivity contribution in [3.63, 3.8) is 0 Å². The van der Waals surface area contributed by atoms with Gasteiger partial charge in [-0.2, -0.15) is 5.26 Å². The van der Waals surface area contributed by atoms with Crippen LogP contribution in [0.5, 0.6) is 0 Å². The van der Waals surface area contributed by atoms with Gasteiger partial charge in [-0.1, -0.05) is 23.7 Å². The number of benzene rings is 1. The van der Waals surface area contributed by atoms with E-state index in [9.17, 15) is 4.39 Å².